The molecule has 0 bridgehead atoms. The minimum atomic E-state index is -0.149. The number of nitrogens with zero attached hydrogens (tertiary/aromatic N) is 1. The first-order chi connectivity index (χ1) is 9.65. The molecule has 0 atom stereocenters. The van der Waals surface area contributed by atoms with Crippen molar-refractivity contribution in [3.05, 3.63) is 39.4 Å². The lowest BCUT2D eigenvalue weighted by Crippen LogP contribution is -2.29. The van der Waals surface area contributed by atoms with Crippen molar-refractivity contribution in [1.82, 2.24) is 14.9 Å². The first-order valence-electron chi connectivity index (χ1n) is 6.66. The van der Waals surface area contributed by atoms with E-state index in [-0.39, 0.29) is 17.9 Å². The molecule has 2 N–H and O–H groups in total. The van der Waals surface area contributed by atoms with Crippen LogP contribution in [0.4, 0.5) is 0 Å². The fourth-order valence-corrected chi connectivity index (χ4v) is 2.43. The summed E-state index contributed by atoms with van der Waals surface area (Å²) in [6, 6.07) is 7.57. The molecule has 0 spiro atoms. The van der Waals surface area contributed by atoms with Crippen LogP contribution < -0.4 is 10.9 Å². The van der Waals surface area contributed by atoms with Crippen LogP contribution >= 0.6 is 12.2 Å². The van der Waals surface area contributed by atoms with Crippen molar-refractivity contribution in [3.63, 3.8) is 0 Å². The molecule has 1 fully saturated rings. The fraction of sp³-hybridized carbons (Fsp3) is 0.357. The second kappa shape index (κ2) is 5.20. The van der Waals surface area contributed by atoms with Gasteiger partial charge in [-0.1, -0.05) is 12.1 Å². The summed E-state index contributed by atoms with van der Waals surface area (Å²) >= 11 is 5.19. The lowest BCUT2D eigenvalue weighted by Gasteiger charge is -2.08. The number of amides is 1. The fourth-order valence-electron chi connectivity index (χ4n) is 2.14. The van der Waals surface area contributed by atoms with E-state index in [0.717, 1.165) is 18.4 Å². The molecule has 0 aliphatic heterocycles. The van der Waals surface area contributed by atoms with E-state index in [2.05, 4.69) is 10.3 Å². The lowest BCUT2D eigenvalue weighted by atomic mass is 10.2. The Hall–Kier alpha value is -1.95. The van der Waals surface area contributed by atoms with Gasteiger partial charge in [-0.15, -0.1) is 0 Å². The van der Waals surface area contributed by atoms with Crippen molar-refractivity contribution in [2.24, 2.45) is 0 Å². The number of rotatable bonds is 4. The van der Waals surface area contributed by atoms with Gasteiger partial charge in [0.1, 0.15) is 0 Å². The third kappa shape index (κ3) is 2.65. The van der Waals surface area contributed by atoms with E-state index in [0.29, 0.717) is 22.7 Å². The SMILES string of the molecule is O=C(CCn1c(=S)[nH]c2ccccc2c1=O)NC1CC1. The van der Waals surface area contributed by atoms with Crippen LogP contribution in [-0.2, 0) is 11.3 Å². The van der Waals surface area contributed by atoms with E-state index < -0.39 is 0 Å². The highest BCUT2D eigenvalue weighted by Crippen LogP contribution is 2.18. The Bertz CT molecular complexity index is 774. The van der Waals surface area contributed by atoms with Crippen molar-refractivity contribution in [2.45, 2.75) is 31.8 Å². The molecule has 1 aliphatic rings. The minimum absolute atomic E-state index is 0.0260. The van der Waals surface area contributed by atoms with Crippen molar-refractivity contribution >= 4 is 29.0 Å². The number of aromatic nitrogens is 2. The molecule has 1 aliphatic carbocycles. The monoisotopic (exact) mass is 289 g/mol. The molecule has 1 aromatic carbocycles. The van der Waals surface area contributed by atoms with E-state index in [1.54, 1.807) is 6.07 Å². The van der Waals surface area contributed by atoms with Gasteiger partial charge in [0.05, 0.1) is 10.9 Å². The molecule has 1 saturated carbocycles. The van der Waals surface area contributed by atoms with Gasteiger partial charge in [-0.05, 0) is 37.2 Å². The average Bonchev–Trinajstić information content (AvgIpc) is 3.22. The largest absolute Gasteiger partial charge is 0.353 e. The van der Waals surface area contributed by atoms with Crippen molar-refractivity contribution in [3.8, 4) is 0 Å². The predicted octanol–water partition coefficient (Wildman–Crippen LogP) is 1.73. The average molecular weight is 289 g/mol. The zero-order chi connectivity index (χ0) is 14.1. The van der Waals surface area contributed by atoms with Crippen LogP contribution in [0.2, 0.25) is 0 Å². The van der Waals surface area contributed by atoms with Gasteiger partial charge >= 0.3 is 0 Å². The summed E-state index contributed by atoms with van der Waals surface area (Å²) < 4.78 is 1.80. The second-order valence-corrected chi connectivity index (χ2v) is 5.41. The Morgan fingerprint density at radius 1 is 1.40 bits per heavy atom. The van der Waals surface area contributed by atoms with Gasteiger partial charge in [0.25, 0.3) is 5.56 Å². The maximum absolute atomic E-state index is 12.3. The second-order valence-electron chi connectivity index (χ2n) is 5.02. The molecule has 1 aromatic heterocycles. The number of hydrogen-bond acceptors (Lipinski definition) is 3. The van der Waals surface area contributed by atoms with Gasteiger partial charge in [-0.2, -0.15) is 0 Å². The maximum atomic E-state index is 12.3. The summed E-state index contributed by atoms with van der Waals surface area (Å²) in [5.41, 5.74) is 0.574. The van der Waals surface area contributed by atoms with Gasteiger partial charge in [0, 0.05) is 19.0 Å². The molecule has 20 heavy (non-hydrogen) atoms. The number of benzene rings is 1. The Morgan fingerprint density at radius 2 is 2.15 bits per heavy atom. The number of carbonyl (C=O) groups excluding carboxylic acids is 1. The minimum Gasteiger partial charge on any atom is -0.353 e. The summed E-state index contributed by atoms with van der Waals surface area (Å²) in [6.07, 6.45) is 2.38. The molecule has 104 valence electrons. The quantitative estimate of drug-likeness (QED) is 0.842. The normalized spacial score (nSPS) is 14.4. The van der Waals surface area contributed by atoms with Gasteiger partial charge < -0.3 is 10.3 Å². The first-order valence-corrected chi connectivity index (χ1v) is 7.07. The van der Waals surface area contributed by atoms with E-state index in [4.69, 9.17) is 12.2 Å². The Morgan fingerprint density at radius 3 is 2.90 bits per heavy atom. The first kappa shape index (κ1) is 13.1. The van der Waals surface area contributed by atoms with Crippen LogP contribution in [0.15, 0.2) is 29.1 Å². The number of fused-ring (bicyclic) bond motifs is 1. The Kier molecular flexibility index (Phi) is 3.40. The standard InChI is InChI=1S/C14H15N3O2S/c18-12(15-9-5-6-9)7-8-17-13(19)10-3-1-2-4-11(10)16-14(17)20/h1-4,9H,5-8H2,(H,15,18)(H,16,20). The number of H-pyrrole nitrogens is 1. The molecule has 1 amide bonds. The third-order valence-corrected chi connectivity index (χ3v) is 3.72. The molecule has 1 heterocycles. The Balaban J connectivity index is 1.85. The van der Waals surface area contributed by atoms with E-state index >= 15 is 0 Å². The highest BCUT2D eigenvalue weighted by Gasteiger charge is 2.22. The molecule has 2 aromatic rings. The molecule has 3 rings (SSSR count). The summed E-state index contributed by atoms with van der Waals surface area (Å²) in [4.78, 5) is 27.0. The highest BCUT2D eigenvalue weighted by molar-refractivity contribution is 7.71. The number of hydrogen-bond donors (Lipinski definition) is 2. The number of aromatic amines is 1. The summed E-state index contributed by atoms with van der Waals surface area (Å²) in [5, 5.41) is 3.49. The highest BCUT2D eigenvalue weighted by atomic mass is 32.1. The number of nitrogens with one attached hydrogen (secondary N) is 2. The van der Waals surface area contributed by atoms with E-state index in [1.165, 1.54) is 4.57 Å². The van der Waals surface area contributed by atoms with E-state index in [9.17, 15) is 9.59 Å². The number of para-hydroxylation sites is 1. The molecule has 0 saturated heterocycles. The molecule has 6 heteroatoms. The summed E-state index contributed by atoms with van der Waals surface area (Å²) in [7, 11) is 0. The number of carbonyl (C=O) groups is 1. The molecule has 0 unspecified atom stereocenters. The third-order valence-electron chi connectivity index (χ3n) is 3.39. The van der Waals surface area contributed by atoms with Crippen molar-refractivity contribution in [2.75, 3.05) is 0 Å². The summed E-state index contributed by atoms with van der Waals surface area (Å²) in [6.45, 7) is 0.303. The van der Waals surface area contributed by atoms with Gasteiger partial charge in [0.15, 0.2) is 4.77 Å². The predicted molar refractivity (Wildman–Crippen MR) is 79.2 cm³/mol. The lowest BCUT2D eigenvalue weighted by molar-refractivity contribution is -0.121. The van der Waals surface area contributed by atoms with Crippen LogP contribution in [0.5, 0.6) is 0 Å². The zero-order valence-corrected chi connectivity index (χ0v) is 11.7. The van der Waals surface area contributed by atoms with Gasteiger partial charge in [0.2, 0.25) is 5.91 Å². The molecule has 5 nitrogen and oxygen atoms in total. The zero-order valence-electron chi connectivity index (χ0n) is 10.9. The smallest absolute Gasteiger partial charge is 0.262 e. The molecule has 0 radical (unpaired) electrons. The Labute approximate surface area is 120 Å². The van der Waals surface area contributed by atoms with Crippen molar-refractivity contribution in [1.29, 1.82) is 0 Å². The van der Waals surface area contributed by atoms with Crippen LogP contribution in [0.25, 0.3) is 10.9 Å². The van der Waals surface area contributed by atoms with Crippen LogP contribution in [0, 0.1) is 4.77 Å². The van der Waals surface area contributed by atoms with Crippen LogP contribution in [0.1, 0.15) is 19.3 Å². The van der Waals surface area contributed by atoms with Crippen LogP contribution in [0.3, 0.4) is 0 Å². The van der Waals surface area contributed by atoms with Gasteiger partial charge in [-0.3, -0.25) is 14.2 Å². The molecular formula is C14H15N3O2S. The topological polar surface area (TPSA) is 66.9 Å². The van der Waals surface area contributed by atoms with Crippen LogP contribution in [-0.4, -0.2) is 21.5 Å². The maximum Gasteiger partial charge on any atom is 0.262 e. The molecular weight excluding hydrogens is 274 g/mol. The van der Waals surface area contributed by atoms with E-state index in [1.807, 2.05) is 18.2 Å². The van der Waals surface area contributed by atoms with Crippen molar-refractivity contribution < 1.29 is 4.79 Å². The van der Waals surface area contributed by atoms with Gasteiger partial charge in [-0.25, -0.2) is 0 Å². The summed E-state index contributed by atoms with van der Waals surface area (Å²) in [5.74, 6) is -0.0260.